The largest absolute Gasteiger partial charge is 0.382 e. The Kier molecular flexibility index (Phi) is 6.12. The SMILES string of the molecule is COCCOCCN1CC2C3=C4C5=C6C7C(C=C8CC9CC%10CC%11CC%12CC(=C%13C4C4C5C5C7C8C7C9C%10C8C%11C(C%13%12)C4C8C57)C3)CC62C1c1ccc(-n2c3ccccc3c3ccccc32)cc1. The molecule has 1 aliphatic heterocycles. The van der Waals surface area contributed by atoms with Crippen LogP contribution in [0.1, 0.15) is 56.6 Å². The lowest BCUT2D eigenvalue weighted by Gasteiger charge is -2.60. The lowest BCUT2D eigenvalue weighted by Crippen LogP contribution is -2.56. The van der Waals surface area contributed by atoms with Crippen LogP contribution in [0.25, 0.3) is 27.5 Å². The Morgan fingerprint density at radius 2 is 1.32 bits per heavy atom. The van der Waals surface area contributed by atoms with Crippen LogP contribution < -0.4 is 0 Å². The summed E-state index contributed by atoms with van der Waals surface area (Å²) in [6.45, 7) is 4.38. The number of methoxy groups -OCH3 is 1. The van der Waals surface area contributed by atoms with E-state index in [2.05, 4.69) is 116 Å². The summed E-state index contributed by atoms with van der Waals surface area (Å²) in [5, 5.41) is 2.70. The average molecular weight is 893 g/mol. The predicted octanol–water partition coefficient (Wildman–Crippen LogP) is 11.7. The van der Waals surface area contributed by atoms with Gasteiger partial charge in [0.25, 0.3) is 0 Å². The van der Waals surface area contributed by atoms with Gasteiger partial charge in [-0.2, -0.15) is 0 Å². The van der Waals surface area contributed by atoms with Crippen molar-refractivity contribution in [1.82, 2.24) is 9.47 Å². The Morgan fingerprint density at radius 1 is 0.618 bits per heavy atom. The van der Waals surface area contributed by atoms with Crippen molar-refractivity contribution in [1.29, 1.82) is 0 Å². The number of benzene rings is 3. The standard InChI is InChI=1S/C64H64N2O2/c1-67-16-17-68-15-14-65-26-39-38-24-33-22-30-20-31-19-28-18-29-21-32-23-34-25-64(39,63(65)27-10-12-35(13-11-27)66-40-8-4-2-6-36(40)37-7-3-5-9-41(37)66)62-48(34)53-47(32)52-43(29)42(28)50-46(31)51-44(30)45(33)54-49(38)61(62)60-58(53)56(52)55(50)57(51)59(54)60/h2-13,23,28-31,34,39,42-44,46-48,50-60,63H,14-22,24-26H2,1H3. The van der Waals surface area contributed by atoms with Gasteiger partial charge < -0.3 is 14.0 Å². The van der Waals surface area contributed by atoms with E-state index < -0.39 is 0 Å². The summed E-state index contributed by atoms with van der Waals surface area (Å²) in [4.78, 5) is 3.05. The summed E-state index contributed by atoms with van der Waals surface area (Å²) in [6.07, 6.45) is 13.8. The molecule has 68 heavy (non-hydrogen) atoms. The molecule has 4 aromatic rings. The molecule has 11 saturated carbocycles. The fraction of sp³-hybridized carbons (Fsp3) is 0.594. The summed E-state index contributed by atoms with van der Waals surface area (Å²) in [7, 11) is 1.82. The fourth-order valence-corrected chi connectivity index (χ4v) is 27.0. The van der Waals surface area contributed by atoms with Crippen LogP contribution in [-0.4, -0.2) is 49.5 Å². The fourth-order valence-electron chi connectivity index (χ4n) is 27.0. The number of fused-ring (bicyclic) bond motifs is 4. The van der Waals surface area contributed by atoms with E-state index in [1.165, 1.54) is 59.7 Å². The maximum Gasteiger partial charge on any atom is 0.0700 e. The van der Waals surface area contributed by atoms with Gasteiger partial charge in [0.1, 0.15) is 0 Å². The van der Waals surface area contributed by atoms with E-state index in [4.69, 9.17) is 9.47 Å². The normalized spacial score (nSPS) is 52.9. The van der Waals surface area contributed by atoms with Crippen molar-refractivity contribution < 1.29 is 9.47 Å². The predicted molar refractivity (Wildman–Crippen MR) is 262 cm³/mol. The number of hydrogen-bond donors (Lipinski definition) is 0. The number of likely N-dealkylation sites (tertiary alicyclic amines) is 1. The second-order valence-corrected chi connectivity index (χ2v) is 27.3. The van der Waals surface area contributed by atoms with E-state index in [1.54, 1.807) is 24.8 Å². The lowest BCUT2D eigenvalue weighted by molar-refractivity contribution is -0.117. The smallest absolute Gasteiger partial charge is 0.0700 e. The molecule has 1 saturated heterocycles. The maximum absolute atomic E-state index is 6.49. The molecule has 25 unspecified atom stereocenters. The number of para-hydroxylation sites is 2. The average Bonchev–Trinajstić information content (AvgIpc) is 4.25. The Morgan fingerprint density at radius 3 is 2.16 bits per heavy atom. The highest BCUT2D eigenvalue weighted by molar-refractivity contribution is 6.09. The lowest BCUT2D eigenvalue weighted by atomic mass is 9.44. The van der Waals surface area contributed by atoms with Gasteiger partial charge in [-0.25, -0.2) is 0 Å². The molecule has 3 aromatic carbocycles. The molecule has 17 aliphatic rings. The quantitative estimate of drug-likeness (QED) is 0.130. The molecule has 12 fully saturated rings. The number of aromatic nitrogens is 1. The van der Waals surface area contributed by atoms with E-state index >= 15 is 0 Å². The zero-order valence-corrected chi connectivity index (χ0v) is 39.6. The van der Waals surface area contributed by atoms with E-state index in [9.17, 15) is 0 Å². The topological polar surface area (TPSA) is 26.6 Å². The molecular weight excluding hydrogens is 829 g/mol. The van der Waals surface area contributed by atoms with Gasteiger partial charge in [-0.3, -0.25) is 4.90 Å². The minimum absolute atomic E-state index is 0.171. The van der Waals surface area contributed by atoms with Crippen molar-refractivity contribution in [3.05, 3.63) is 123 Å². The van der Waals surface area contributed by atoms with Crippen LogP contribution in [0.4, 0.5) is 0 Å². The van der Waals surface area contributed by atoms with E-state index in [1.807, 2.05) is 18.3 Å². The molecule has 1 spiro atoms. The first-order chi connectivity index (χ1) is 33.7. The van der Waals surface area contributed by atoms with Crippen LogP contribution in [0, 0.1) is 142 Å². The molecular formula is C64H64N2O2. The summed E-state index contributed by atoms with van der Waals surface area (Å²) in [5.74, 6) is 22.5. The van der Waals surface area contributed by atoms with Crippen molar-refractivity contribution in [2.45, 2.75) is 51.0 Å². The monoisotopic (exact) mass is 892 g/mol. The highest BCUT2D eigenvalue weighted by Gasteiger charge is 2.86. The zero-order valence-electron chi connectivity index (χ0n) is 39.6. The van der Waals surface area contributed by atoms with Crippen LogP contribution in [0.5, 0.6) is 0 Å². The van der Waals surface area contributed by atoms with Crippen LogP contribution in [0.3, 0.4) is 0 Å². The maximum atomic E-state index is 6.49. The van der Waals surface area contributed by atoms with Crippen molar-refractivity contribution in [2.24, 2.45) is 142 Å². The molecule has 2 heterocycles. The number of ether oxygens (including phenoxy) is 2. The summed E-state index contributed by atoms with van der Waals surface area (Å²) < 4.78 is 14.5. The summed E-state index contributed by atoms with van der Waals surface area (Å²) in [5.41, 5.74) is 20.3. The molecule has 0 amide bonds. The molecule has 21 rings (SSSR count). The van der Waals surface area contributed by atoms with Crippen molar-refractivity contribution in [2.75, 3.05) is 40.0 Å². The summed E-state index contributed by atoms with van der Waals surface area (Å²) in [6, 6.07) is 28.9. The first kappa shape index (κ1) is 36.3. The number of allylic oxidation sites excluding steroid dienone is 6. The Bertz CT molecular complexity index is 3170. The Labute approximate surface area is 400 Å². The molecule has 342 valence electrons. The van der Waals surface area contributed by atoms with E-state index in [-0.39, 0.29) is 5.41 Å². The third kappa shape index (κ3) is 3.51. The summed E-state index contributed by atoms with van der Waals surface area (Å²) >= 11 is 0. The molecule has 4 nitrogen and oxygen atoms in total. The van der Waals surface area contributed by atoms with Crippen LogP contribution in [0.15, 0.2) is 118 Å². The van der Waals surface area contributed by atoms with Gasteiger partial charge in [-0.1, -0.05) is 82.5 Å². The third-order valence-electron chi connectivity index (χ3n) is 26.7. The third-order valence-corrected chi connectivity index (χ3v) is 26.7. The molecule has 25 atom stereocenters. The number of hydrogen-bond acceptors (Lipinski definition) is 3. The van der Waals surface area contributed by atoms with Gasteiger partial charge >= 0.3 is 0 Å². The van der Waals surface area contributed by atoms with E-state index in [0.29, 0.717) is 25.2 Å². The number of rotatable bonds is 8. The highest BCUT2D eigenvalue weighted by Crippen LogP contribution is 2.92. The zero-order chi connectivity index (χ0) is 43.1. The highest BCUT2D eigenvalue weighted by atomic mass is 16.5. The molecule has 1 aromatic heterocycles. The second-order valence-electron chi connectivity index (χ2n) is 27.3. The van der Waals surface area contributed by atoms with Crippen molar-refractivity contribution >= 4 is 21.8 Å². The molecule has 4 heteroatoms. The first-order valence-corrected chi connectivity index (χ1v) is 28.5. The van der Waals surface area contributed by atoms with Gasteiger partial charge in [0.2, 0.25) is 0 Å². The molecule has 16 aliphatic carbocycles. The van der Waals surface area contributed by atoms with Crippen molar-refractivity contribution in [3.8, 4) is 5.69 Å². The van der Waals surface area contributed by atoms with Crippen LogP contribution in [0.2, 0.25) is 0 Å². The minimum Gasteiger partial charge on any atom is -0.382 e. The molecule has 0 radical (unpaired) electrons. The van der Waals surface area contributed by atoms with Gasteiger partial charge in [0.15, 0.2) is 0 Å². The van der Waals surface area contributed by atoms with Gasteiger partial charge in [0, 0.05) is 60.0 Å². The molecule has 0 bridgehead atoms. The van der Waals surface area contributed by atoms with E-state index in [0.717, 1.165) is 143 Å². The van der Waals surface area contributed by atoms with Gasteiger partial charge in [-0.05, 0) is 210 Å². The van der Waals surface area contributed by atoms with Crippen molar-refractivity contribution in [3.63, 3.8) is 0 Å². The number of nitrogens with zero attached hydrogens (tertiary/aromatic N) is 2. The van der Waals surface area contributed by atoms with Gasteiger partial charge in [-0.15, -0.1) is 0 Å². The minimum atomic E-state index is 0.171. The van der Waals surface area contributed by atoms with Gasteiger partial charge in [0.05, 0.1) is 30.9 Å². The molecule has 0 N–H and O–H groups in total. The first-order valence-electron chi connectivity index (χ1n) is 28.5. The Balaban J connectivity index is 0.809. The second kappa shape index (κ2) is 11.5. The van der Waals surface area contributed by atoms with Crippen LogP contribution >= 0.6 is 0 Å². The van der Waals surface area contributed by atoms with Crippen LogP contribution in [-0.2, 0) is 9.47 Å². The Hall–Kier alpha value is -3.70.